The van der Waals surface area contributed by atoms with Crippen molar-refractivity contribution in [3.8, 4) is 0 Å². The van der Waals surface area contributed by atoms with Crippen LogP contribution in [0.25, 0.3) is 0 Å². The maximum absolute atomic E-state index is 14.4. The largest absolute Gasteiger partial charge is 0.394 e. The molecule has 1 spiro atoms. The second-order valence-corrected chi connectivity index (χ2v) is 12.4. The number of aliphatic hydroxyl groups is 1. The van der Waals surface area contributed by atoms with E-state index in [-0.39, 0.29) is 29.7 Å². The highest BCUT2D eigenvalue weighted by Crippen LogP contribution is 2.54. The second kappa shape index (κ2) is 8.73. The number of aliphatic hydroxyl groups excluding tert-OH is 1. The Kier molecular flexibility index (Phi) is 6.46. The van der Waals surface area contributed by atoms with Crippen LogP contribution < -0.4 is 0 Å². The lowest BCUT2D eigenvalue weighted by Gasteiger charge is -2.45. The van der Waals surface area contributed by atoms with Crippen LogP contribution >= 0.6 is 0 Å². The number of nitrogens with zero attached hydrogens (tertiary/aromatic N) is 3. The van der Waals surface area contributed by atoms with Crippen molar-refractivity contribution in [1.29, 1.82) is 0 Å². The molecule has 0 bridgehead atoms. The molecule has 194 valence electrons. The summed E-state index contributed by atoms with van der Waals surface area (Å²) < 4.78 is 6.62. The summed E-state index contributed by atoms with van der Waals surface area (Å²) in [6, 6.07) is -1.47. The van der Waals surface area contributed by atoms with Gasteiger partial charge in [-0.1, -0.05) is 52.0 Å². The van der Waals surface area contributed by atoms with Gasteiger partial charge in [-0.15, -0.1) is 0 Å². The number of hydrogen-bond acceptors (Lipinski definition) is 5. The molecule has 2 fully saturated rings. The smallest absolute Gasteiger partial charge is 0.249 e. The summed E-state index contributed by atoms with van der Waals surface area (Å²) in [7, 11) is 1.72. The average molecular weight is 488 g/mol. The first-order valence-electron chi connectivity index (χ1n) is 12.8. The van der Waals surface area contributed by atoms with Crippen LogP contribution in [0.2, 0.25) is 0 Å². The maximum atomic E-state index is 14.4. The lowest BCUT2D eigenvalue weighted by Crippen LogP contribution is -2.61. The first-order valence-corrected chi connectivity index (χ1v) is 12.8. The summed E-state index contributed by atoms with van der Waals surface area (Å²) >= 11 is 0. The molecule has 6 atom stereocenters. The molecule has 4 aliphatic heterocycles. The van der Waals surface area contributed by atoms with E-state index in [4.69, 9.17) is 4.74 Å². The van der Waals surface area contributed by atoms with Gasteiger partial charge in [-0.25, -0.2) is 0 Å². The fraction of sp³-hybridized carbons (Fsp3) is 0.741. The molecule has 3 amide bonds. The van der Waals surface area contributed by atoms with Crippen LogP contribution in [0.15, 0.2) is 24.3 Å². The van der Waals surface area contributed by atoms with E-state index >= 15 is 0 Å². The third-order valence-corrected chi connectivity index (χ3v) is 8.07. The van der Waals surface area contributed by atoms with Crippen molar-refractivity contribution in [2.24, 2.45) is 17.3 Å². The number of hydrogen-bond donors (Lipinski definition) is 1. The Hall–Kier alpha value is -2.19. The van der Waals surface area contributed by atoms with Gasteiger partial charge in [0.1, 0.15) is 11.6 Å². The number of carbonyl (C=O) groups excluding carboxylic acids is 3. The van der Waals surface area contributed by atoms with Gasteiger partial charge in [0.05, 0.1) is 30.6 Å². The predicted octanol–water partition coefficient (Wildman–Crippen LogP) is 1.98. The lowest BCUT2D eigenvalue weighted by molar-refractivity contribution is -0.155. The van der Waals surface area contributed by atoms with Crippen LogP contribution in [0.1, 0.15) is 54.4 Å². The summed E-state index contributed by atoms with van der Waals surface area (Å²) in [5.74, 6) is -2.15. The van der Waals surface area contributed by atoms with Gasteiger partial charge in [-0.3, -0.25) is 14.4 Å². The number of amides is 3. The van der Waals surface area contributed by atoms with E-state index in [1.165, 1.54) is 0 Å². The lowest BCUT2D eigenvalue weighted by atomic mass is 9.77. The van der Waals surface area contributed by atoms with Crippen molar-refractivity contribution in [3.63, 3.8) is 0 Å². The third kappa shape index (κ3) is 4.02. The van der Waals surface area contributed by atoms with E-state index in [9.17, 15) is 19.5 Å². The van der Waals surface area contributed by atoms with Crippen LogP contribution in [0, 0.1) is 17.3 Å². The SMILES string of the molecule is CC[C@@H](CO)N1C(=O)[C@@H]2[C@@H]3C(=O)N(C)CC=C[C@@H]3O[C@@]23C=CCN(C(C)(C)CC(C)(C)C)C(=O)C13. The molecule has 8 heteroatoms. The van der Waals surface area contributed by atoms with Gasteiger partial charge >= 0.3 is 0 Å². The van der Waals surface area contributed by atoms with Gasteiger partial charge < -0.3 is 24.5 Å². The van der Waals surface area contributed by atoms with Gasteiger partial charge in [0.25, 0.3) is 0 Å². The van der Waals surface area contributed by atoms with Gasteiger partial charge in [0, 0.05) is 25.7 Å². The molecule has 0 aromatic heterocycles. The zero-order valence-corrected chi connectivity index (χ0v) is 22.2. The normalized spacial score (nSPS) is 34.1. The topological polar surface area (TPSA) is 90.4 Å². The Labute approximate surface area is 208 Å². The maximum Gasteiger partial charge on any atom is 0.249 e. The third-order valence-electron chi connectivity index (χ3n) is 8.07. The Morgan fingerprint density at radius 1 is 1.09 bits per heavy atom. The minimum absolute atomic E-state index is 0.0128. The number of likely N-dealkylation sites (tertiary alicyclic amines) is 1. The zero-order valence-electron chi connectivity index (χ0n) is 22.2. The molecule has 4 rings (SSSR count). The van der Waals surface area contributed by atoms with Crippen LogP contribution in [0.3, 0.4) is 0 Å². The fourth-order valence-electron chi connectivity index (χ4n) is 6.95. The van der Waals surface area contributed by atoms with Gasteiger partial charge in [-0.05, 0) is 32.1 Å². The summed E-state index contributed by atoms with van der Waals surface area (Å²) in [6.45, 7) is 13.1. The average Bonchev–Trinajstić information content (AvgIpc) is 3.07. The molecule has 0 radical (unpaired) electrons. The van der Waals surface area contributed by atoms with E-state index in [0.717, 1.165) is 6.42 Å². The van der Waals surface area contributed by atoms with E-state index in [2.05, 4.69) is 34.6 Å². The number of carbonyl (C=O) groups is 3. The number of likely N-dealkylation sites (N-methyl/N-ethyl adjacent to an activating group) is 1. The highest BCUT2D eigenvalue weighted by molar-refractivity contribution is 6.00. The first-order chi connectivity index (χ1) is 16.3. The molecule has 1 N–H and O–H groups in total. The highest BCUT2D eigenvalue weighted by Gasteiger charge is 2.72. The zero-order chi connectivity index (χ0) is 25.9. The summed E-state index contributed by atoms with van der Waals surface area (Å²) in [6.07, 6.45) is 8.23. The van der Waals surface area contributed by atoms with Crippen LogP contribution in [-0.2, 0) is 19.1 Å². The van der Waals surface area contributed by atoms with Crippen LogP contribution in [0.5, 0.6) is 0 Å². The van der Waals surface area contributed by atoms with Crippen molar-refractivity contribution in [2.75, 3.05) is 26.7 Å². The molecule has 1 unspecified atom stereocenters. The van der Waals surface area contributed by atoms with Crippen LogP contribution in [0.4, 0.5) is 0 Å². The minimum atomic E-state index is -1.25. The van der Waals surface area contributed by atoms with Crippen molar-refractivity contribution in [2.45, 2.75) is 83.7 Å². The highest BCUT2D eigenvalue weighted by atomic mass is 16.5. The molecule has 2 saturated heterocycles. The molecular formula is C27H41N3O5. The molecular weight excluding hydrogens is 446 g/mol. The molecule has 0 saturated carbocycles. The monoisotopic (exact) mass is 487 g/mol. The van der Waals surface area contributed by atoms with Crippen molar-refractivity contribution in [1.82, 2.24) is 14.7 Å². The van der Waals surface area contributed by atoms with Crippen molar-refractivity contribution >= 4 is 17.7 Å². The Bertz CT molecular complexity index is 947. The Morgan fingerprint density at radius 2 is 1.77 bits per heavy atom. The van der Waals surface area contributed by atoms with Crippen LogP contribution in [-0.4, -0.2) is 93.6 Å². The summed E-state index contributed by atoms with van der Waals surface area (Å²) in [5.41, 5.74) is -1.74. The van der Waals surface area contributed by atoms with Crippen molar-refractivity contribution < 1.29 is 24.2 Å². The Morgan fingerprint density at radius 3 is 2.37 bits per heavy atom. The first kappa shape index (κ1) is 25.9. The quantitative estimate of drug-likeness (QED) is 0.599. The van der Waals surface area contributed by atoms with Gasteiger partial charge in [-0.2, -0.15) is 0 Å². The summed E-state index contributed by atoms with van der Waals surface area (Å²) in [5, 5.41) is 10.2. The molecule has 35 heavy (non-hydrogen) atoms. The van der Waals surface area contributed by atoms with Gasteiger partial charge in [0.15, 0.2) is 0 Å². The number of ether oxygens (including phenoxy) is 1. The van der Waals surface area contributed by atoms with Gasteiger partial charge in [0.2, 0.25) is 17.7 Å². The standard InChI is InChI=1S/C27H41N3O5/c1-8-17(15-31)30-21-24(34)29(26(5,6)16-25(2,3)4)14-10-12-27(21)20(23(30)33)19-18(35-27)11-9-13-28(7)22(19)32/h9-12,17-21,31H,8,13-16H2,1-7H3/t17-,18-,19+,20-,21?,27-/m0/s1. The molecule has 0 aromatic rings. The van der Waals surface area contributed by atoms with Crippen molar-refractivity contribution in [3.05, 3.63) is 24.3 Å². The number of fused-ring (bicyclic) bond motifs is 2. The molecule has 4 aliphatic rings. The second-order valence-electron chi connectivity index (χ2n) is 12.4. The predicted molar refractivity (Wildman–Crippen MR) is 132 cm³/mol. The molecule has 8 nitrogen and oxygen atoms in total. The molecule has 0 aromatic carbocycles. The molecule has 4 heterocycles. The minimum Gasteiger partial charge on any atom is -0.394 e. The Balaban J connectivity index is 1.85. The van der Waals surface area contributed by atoms with E-state index in [0.29, 0.717) is 19.5 Å². The van der Waals surface area contributed by atoms with E-state index < -0.39 is 41.2 Å². The number of rotatable bonds is 5. The fourth-order valence-corrected chi connectivity index (χ4v) is 6.95. The van der Waals surface area contributed by atoms with E-state index in [1.54, 1.807) is 16.8 Å². The molecule has 0 aliphatic carbocycles. The van der Waals surface area contributed by atoms with E-state index in [1.807, 2.05) is 36.1 Å². The summed E-state index contributed by atoms with van der Waals surface area (Å²) in [4.78, 5) is 46.9.